The first kappa shape index (κ1) is 13.5. The Morgan fingerprint density at radius 2 is 2.00 bits per heavy atom. The summed E-state index contributed by atoms with van der Waals surface area (Å²) in [4.78, 5) is 20.8. The number of nitrogens with zero attached hydrogens (tertiary/aromatic N) is 3. The molecule has 0 N–H and O–H groups in total. The first-order chi connectivity index (χ1) is 10.3. The van der Waals surface area contributed by atoms with E-state index in [1.54, 1.807) is 29.4 Å². The maximum atomic E-state index is 12.5. The summed E-state index contributed by atoms with van der Waals surface area (Å²) in [6.45, 7) is 2.05. The van der Waals surface area contributed by atoms with Crippen molar-refractivity contribution in [3.63, 3.8) is 0 Å². The number of benzene rings is 1. The predicted octanol–water partition coefficient (Wildman–Crippen LogP) is 2.99. The molecular formula is C17H17N3O. The van der Waals surface area contributed by atoms with E-state index in [1.165, 1.54) is 5.56 Å². The number of rotatable bonds is 4. The molecule has 0 aliphatic rings. The van der Waals surface area contributed by atoms with Gasteiger partial charge in [0.1, 0.15) is 0 Å². The van der Waals surface area contributed by atoms with Crippen molar-refractivity contribution in [2.45, 2.75) is 25.8 Å². The summed E-state index contributed by atoms with van der Waals surface area (Å²) in [6.07, 6.45) is 6.72. The Balaban J connectivity index is 1.83. The minimum absolute atomic E-state index is 0.0198. The van der Waals surface area contributed by atoms with Crippen molar-refractivity contribution in [3.8, 4) is 0 Å². The van der Waals surface area contributed by atoms with Gasteiger partial charge in [-0.3, -0.25) is 14.3 Å². The fraction of sp³-hybridized carbons (Fsp3) is 0.235. The van der Waals surface area contributed by atoms with Crippen LogP contribution in [0.4, 0.5) is 0 Å². The van der Waals surface area contributed by atoms with Gasteiger partial charge >= 0.3 is 0 Å². The molecule has 0 saturated heterocycles. The number of hydrogen-bond donors (Lipinski definition) is 0. The molecule has 0 unspecified atom stereocenters. The van der Waals surface area contributed by atoms with E-state index in [-0.39, 0.29) is 11.6 Å². The maximum absolute atomic E-state index is 12.5. The van der Waals surface area contributed by atoms with Crippen LogP contribution >= 0.6 is 0 Å². The Bertz CT molecular complexity index is 796. The Morgan fingerprint density at radius 1 is 1.19 bits per heavy atom. The number of aryl methyl sites for hydroxylation is 1. The lowest BCUT2D eigenvalue weighted by molar-refractivity contribution is 0.489. The van der Waals surface area contributed by atoms with Gasteiger partial charge in [-0.2, -0.15) is 0 Å². The van der Waals surface area contributed by atoms with Crippen LogP contribution in [0.3, 0.4) is 0 Å². The van der Waals surface area contributed by atoms with Gasteiger partial charge in [0, 0.05) is 18.4 Å². The fourth-order valence-corrected chi connectivity index (χ4v) is 2.45. The summed E-state index contributed by atoms with van der Waals surface area (Å²) >= 11 is 0. The molecule has 2 aromatic heterocycles. The van der Waals surface area contributed by atoms with Gasteiger partial charge < -0.3 is 0 Å². The summed E-state index contributed by atoms with van der Waals surface area (Å²) in [5.41, 5.74) is 1.96. The Labute approximate surface area is 123 Å². The zero-order valence-corrected chi connectivity index (χ0v) is 11.9. The second-order valence-electron chi connectivity index (χ2n) is 5.22. The highest BCUT2D eigenvalue weighted by Crippen LogP contribution is 2.14. The number of aromatic nitrogens is 3. The summed E-state index contributed by atoms with van der Waals surface area (Å²) in [5.74, 6) is 0. The second kappa shape index (κ2) is 5.87. The molecule has 0 aliphatic heterocycles. The molecule has 0 spiro atoms. The topological polar surface area (TPSA) is 47.8 Å². The van der Waals surface area contributed by atoms with Crippen LogP contribution in [0.25, 0.3) is 10.9 Å². The Morgan fingerprint density at radius 3 is 2.81 bits per heavy atom. The average Bonchev–Trinajstić information content (AvgIpc) is 2.54. The SMILES string of the molecule is C[C@H](CCc1ccccc1)n1cnc2ccncc2c1=O. The van der Waals surface area contributed by atoms with Crippen LogP contribution in [0.2, 0.25) is 0 Å². The second-order valence-corrected chi connectivity index (χ2v) is 5.22. The number of hydrogen-bond acceptors (Lipinski definition) is 3. The molecule has 0 aliphatic carbocycles. The van der Waals surface area contributed by atoms with Gasteiger partial charge in [0.25, 0.3) is 5.56 Å². The van der Waals surface area contributed by atoms with E-state index in [2.05, 4.69) is 22.1 Å². The van der Waals surface area contributed by atoms with Crippen molar-refractivity contribution < 1.29 is 0 Å². The van der Waals surface area contributed by atoms with Gasteiger partial charge in [-0.25, -0.2) is 4.98 Å². The van der Waals surface area contributed by atoms with Gasteiger partial charge in [0.15, 0.2) is 0 Å². The molecule has 2 heterocycles. The van der Waals surface area contributed by atoms with Crippen molar-refractivity contribution in [2.75, 3.05) is 0 Å². The van der Waals surface area contributed by atoms with E-state index in [9.17, 15) is 4.79 Å². The van der Waals surface area contributed by atoms with Gasteiger partial charge in [0.2, 0.25) is 0 Å². The van der Waals surface area contributed by atoms with Gasteiger partial charge in [-0.05, 0) is 31.4 Å². The van der Waals surface area contributed by atoms with Crippen molar-refractivity contribution in [1.82, 2.24) is 14.5 Å². The van der Waals surface area contributed by atoms with E-state index in [0.717, 1.165) is 12.8 Å². The smallest absolute Gasteiger partial charge is 0.262 e. The van der Waals surface area contributed by atoms with Crippen molar-refractivity contribution in [3.05, 3.63) is 71.0 Å². The molecule has 0 radical (unpaired) electrons. The summed E-state index contributed by atoms with van der Waals surface area (Å²) in [5, 5.41) is 0.576. The molecule has 4 nitrogen and oxygen atoms in total. The van der Waals surface area contributed by atoms with E-state index in [4.69, 9.17) is 0 Å². The third-order valence-electron chi connectivity index (χ3n) is 3.75. The quantitative estimate of drug-likeness (QED) is 0.737. The molecule has 21 heavy (non-hydrogen) atoms. The lowest BCUT2D eigenvalue weighted by atomic mass is 10.1. The highest BCUT2D eigenvalue weighted by molar-refractivity contribution is 5.75. The molecular weight excluding hydrogens is 262 g/mol. The molecule has 0 saturated carbocycles. The Hall–Kier alpha value is -2.49. The van der Waals surface area contributed by atoms with Crippen LogP contribution in [-0.4, -0.2) is 14.5 Å². The summed E-state index contributed by atoms with van der Waals surface area (Å²) < 4.78 is 1.70. The standard InChI is InChI=1S/C17H17N3O/c1-13(7-8-14-5-3-2-4-6-14)20-12-19-16-9-10-18-11-15(16)17(20)21/h2-6,9-13H,7-8H2,1H3/t13-/m1/s1. The minimum Gasteiger partial charge on any atom is -0.296 e. The van der Waals surface area contributed by atoms with Crippen LogP contribution in [0.15, 0.2) is 59.9 Å². The first-order valence-corrected chi connectivity index (χ1v) is 7.10. The highest BCUT2D eigenvalue weighted by Gasteiger charge is 2.10. The lowest BCUT2D eigenvalue weighted by Crippen LogP contribution is -2.24. The minimum atomic E-state index is -0.0198. The van der Waals surface area contributed by atoms with Gasteiger partial charge in [-0.15, -0.1) is 0 Å². The molecule has 1 atom stereocenters. The van der Waals surface area contributed by atoms with Crippen molar-refractivity contribution in [2.24, 2.45) is 0 Å². The molecule has 0 bridgehead atoms. The molecule has 3 rings (SSSR count). The zero-order chi connectivity index (χ0) is 14.7. The van der Waals surface area contributed by atoms with E-state index in [1.807, 2.05) is 25.1 Å². The third-order valence-corrected chi connectivity index (χ3v) is 3.75. The molecule has 106 valence electrons. The number of fused-ring (bicyclic) bond motifs is 1. The van der Waals surface area contributed by atoms with Crippen LogP contribution in [0.1, 0.15) is 24.9 Å². The normalized spacial score (nSPS) is 12.4. The molecule has 4 heteroatoms. The lowest BCUT2D eigenvalue weighted by Gasteiger charge is -2.15. The largest absolute Gasteiger partial charge is 0.296 e. The summed E-state index contributed by atoms with van der Waals surface area (Å²) in [6, 6.07) is 12.2. The zero-order valence-electron chi connectivity index (χ0n) is 11.9. The number of pyridine rings is 1. The van der Waals surface area contributed by atoms with E-state index in [0.29, 0.717) is 10.9 Å². The Kier molecular flexibility index (Phi) is 3.77. The molecule has 0 fully saturated rings. The van der Waals surface area contributed by atoms with Crippen LogP contribution in [-0.2, 0) is 6.42 Å². The third kappa shape index (κ3) is 2.84. The van der Waals surface area contributed by atoms with Crippen LogP contribution in [0.5, 0.6) is 0 Å². The molecule has 3 aromatic rings. The van der Waals surface area contributed by atoms with Gasteiger partial charge in [0.05, 0.1) is 17.2 Å². The molecule has 0 amide bonds. The predicted molar refractivity (Wildman–Crippen MR) is 83.3 cm³/mol. The summed E-state index contributed by atoms with van der Waals surface area (Å²) in [7, 11) is 0. The van der Waals surface area contributed by atoms with Crippen LogP contribution < -0.4 is 5.56 Å². The van der Waals surface area contributed by atoms with Crippen molar-refractivity contribution >= 4 is 10.9 Å². The van der Waals surface area contributed by atoms with Gasteiger partial charge in [-0.1, -0.05) is 30.3 Å². The van der Waals surface area contributed by atoms with E-state index >= 15 is 0 Å². The fourth-order valence-electron chi connectivity index (χ4n) is 2.45. The maximum Gasteiger partial charge on any atom is 0.262 e. The molecule has 1 aromatic carbocycles. The average molecular weight is 279 g/mol. The van der Waals surface area contributed by atoms with Crippen molar-refractivity contribution in [1.29, 1.82) is 0 Å². The highest BCUT2D eigenvalue weighted by atomic mass is 16.1. The first-order valence-electron chi connectivity index (χ1n) is 7.10. The van der Waals surface area contributed by atoms with Crippen LogP contribution in [0, 0.1) is 0 Å². The van der Waals surface area contributed by atoms with E-state index < -0.39 is 0 Å². The monoisotopic (exact) mass is 279 g/mol.